The molecule has 4 heteroatoms. The minimum atomic E-state index is 0.856. The molecule has 252 valence electrons. The quantitative estimate of drug-likeness (QED) is 0.167. The molecule has 11 rings (SSSR count). The van der Waals surface area contributed by atoms with Gasteiger partial charge in [0.15, 0.2) is 0 Å². The third-order valence-electron chi connectivity index (χ3n) is 10.5. The van der Waals surface area contributed by atoms with E-state index in [1.165, 1.54) is 21.2 Å². The molecule has 0 fully saturated rings. The summed E-state index contributed by atoms with van der Waals surface area (Å²) in [6, 6.07) is 64.4. The van der Waals surface area contributed by atoms with Crippen molar-refractivity contribution >= 4 is 65.2 Å². The van der Waals surface area contributed by atoms with Gasteiger partial charge >= 0.3 is 0 Å². The van der Waals surface area contributed by atoms with Crippen LogP contribution in [0.1, 0.15) is 0 Å². The van der Waals surface area contributed by atoms with Gasteiger partial charge in [0, 0.05) is 43.6 Å². The van der Waals surface area contributed by atoms with Crippen LogP contribution >= 0.6 is 11.3 Å². The van der Waals surface area contributed by atoms with Crippen molar-refractivity contribution in [2.24, 2.45) is 0 Å². The molecule has 0 radical (unpaired) electrons. The normalized spacial score (nSPS) is 11.7. The van der Waals surface area contributed by atoms with E-state index in [0.29, 0.717) is 0 Å². The van der Waals surface area contributed by atoms with Gasteiger partial charge in [-0.25, -0.2) is 9.97 Å². The Balaban J connectivity index is 1.11. The molecular weight excluding hydrogens is 677 g/mol. The Kier molecular flexibility index (Phi) is 7.04. The van der Waals surface area contributed by atoms with Crippen LogP contribution in [-0.4, -0.2) is 9.97 Å². The Bertz CT molecular complexity index is 3220. The first-order chi connectivity index (χ1) is 26.7. The molecule has 0 unspecified atom stereocenters. The van der Waals surface area contributed by atoms with E-state index in [0.717, 1.165) is 87.8 Å². The lowest BCUT2D eigenvalue weighted by atomic mass is 9.88. The first-order valence-electron chi connectivity index (χ1n) is 18.1. The Morgan fingerprint density at radius 3 is 1.76 bits per heavy atom. The average molecular weight is 707 g/mol. The number of furan rings is 1. The number of rotatable bonds is 5. The van der Waals surface area contributed by atoms with E-state index in [-0.39, 0.29) is 0 Å². The van der Waals surface area contributed by atoms with Crippen LogP contribution in [0.4, 0.5) is 0 Å². The predicted octanol–water partition coefficient (Wildman–Crippen LogP) is 14.2. The number of pyridine rings is 1. The van der Waals surface area contributed by atoms with Gasteiger partial charge in [-0.2, -0.15) is 0 Å². The van der Waals surface area contributed by atoms with E-state index in [9.17, 15) is 0 Å². The minimum Gasteiger partial charge on any atom is -0.456 e. The molecule has 0 aliphatic heterocycles. The largest absolute Gasteiger partial charge is 0.456 e. The zero-order chi connectivity index (χ0) is 35.6. The highest BCUT2D eigenvalue weighted by atomic mass is 32.1. The molecule has 11 aromatic rings. The SMILES string of the molecule is c1ccc(-c2nc3ccc(-c4cccc(-c5cccc(-c6c7c(cc8c(-c9ccccc9)nc9ccccc9c68)oc6ccccc67)c5)c4)cc3s2)cc1. The Labute approximate surface area is 315 Å². The molecule has 3 heterocycles. The number of thiazole rings is 1. The zero-order valence-electron chi connectivity index (χ0n) is 29.0. The summed E-state index contributed by atoms with van der Waals surface area (Å²) in [6.45, 7) is 0. The van der Waals surface area contributed by atoms with Crippen molar-refractivity contribution < 1.29 is 4.42 Å². The summed E-state index contributed by atoms with van der Waals surface area (Å²) in [5, 5.41) is 6.64. The average Bonchev–Trinajstić information content (AvgIpc) is 3.85. The highest BCUT2D eigenvalue weighted by Crippen LogP contribution is 2.47. The van der Waals surface area contributed by atoms with Crippen molar-refractivity contribution in [3.63, 3.8) is 0 Å². The van der Waals surface area contributed by atoms with E-state index in [1.54, 1.807) is 11.3 Å². The van der Waals surface area contributed by atoms with E-state index >= 15 is 0 Å². The van der Waals surface area contributed by atoms with Crippen LogP contribution in [0, 0.1) is 0 Å². The van der Waals surface area contributed by atoms with E-state index in [4.69, 9.17) is 14.4 Å². The summed E-state index contributed by atoms with van der Waals surface area (Å²) in [5.41, 5.74) is 13.9. The number of hydrogen-bond acceptors (Lipinski definition) is 4. The van der Waals surface area contributed by atoms with Crippen molar-refractivity contribution in [3.05, 3.63) is 182 Å². The standard InChI is InChI=1S/C50H30N2OS/c1-3-13-31(14-4-1)49-40-30-44-48(39-22-8-10-24-43(39)53-44)46(47(40)38-21-7-9-23-41(38)51-49)37-20-12-19-35(28-37)33-17-11-18-34(27-33)36-25-26-42-45(29-36)54-50(52-42)32-15-5-2-6-16-32/h1-30H. The Morgan fingerprint density at radius 2 is 0.981 bits per heavy atom. The maximum atomic E-state index is 6.63. The lowest BCUT2D eigenvalue weighted by Gasteiger charge is -2.16. The van der Waals surface area contributed by atoms with Crippen LogP contribution in [0.25, 0.3) is 109 Å². The maximum Gasteiger partial charge on any atom is 0.136 e. The second-order valence-corrected chi connectivity index (χ2v) is 14.7. The fourth-order valence-corrected chi connectivity index (χ4v) is 8.97. The van der Waals surface area contributed by atoms with Crippen molar-refractivity contribution in [2.45, 2.75) is 0 Å². The first-order valence-corrected chi connectivity index (χ1v) is 19.0. The van der Waals surface area contributed by atoms with E-state index in [1.807, 2.05) is 12.1 Å². The first kappa shape index (κ1) is 30.7. The predicted molar refractivity (Wildman–Crippen MR) is 227 cm³/mol. The van der Waals surface area contributed by atoms with Gasteiger partial charge in [-0.15, -0.1) is 11.3 Å². The van der Waals surface area contributed by atoms with Gasteiger partial charge in [0.1, 0.15) is 16.2 Å². The number of fused-ring (bicyclic) bond motifs is 7. The topological polar surface area (TPSA) is 38.9 Å². The van der Waals surface area contributed by atoms with Crippen molar-refractivity contribution in [2.75, 3.05) is 0 Å². The highest BCUT2D eigenvalue weighted by Gasteiger charge is 2.22. The van der Waals surface area contributed by atoms with Gasteiger partial charge in [0.05, 0.1) is 21.4 Å². The molecule has 3 nitrogen and oxygen atoms in total. The summed E-state index contributed by atoms with van der Waals surface area (Å²) in [7, 11) is 0. The number of para-hydroxylation sites is 2. The fourth-order valence-electron chi connectivity index (χ4n) is 7.96. The third kappa shape index (κ3) is 5.03. The van der Waals surface area contributed by atoms with Gasteiger partial charge in [0.2, 0.25) is 0 Å². The number of aromatic nitrogens is 2. The lowest BCUT2D eigenvalue weighted by Crippen LogP contribution is -1.93. The maximum absolute atomic E-state index is 6.63. The van der Waals surface area contributed by atoms with E-state index in [2.05, 4.69) is 170 Å². The Morgan fingerprint density at radius 1 is 0.370 bits per heavy atom. The molecule has 0 amide bonds. The van der Waals surface area contributed by atoms with E-state index < -0.39 is 0 Å². The van der Waals surface area contributed by atoms with Gasteiger partial charge in [0.25, 0.3) is 0 Å². The summed E-state index contributed by atoms with van der Waals surface area (Å²) < 4.78 is 7.81. The fraction of sp³-hybridized carbons (Fsp3) is 0. The summed E-state index contributed by atoms with van der Waals surface area (Å²) in [4.78, 5) is 10.2. The molecule has 0 spiro atoms. The highest BCUT2D eigenvalue weighted by molar-refractivity contribution is 7.21. The monoisotopic (exact) mass is 706 g/mol. The van der Waals surface area contributed by atoms with Gasteiger partial charge in [-0.3, -0.25) is 0 Å². The van der Waals surface area contributed by atoms with Crippen LogP contribution in [0.2, 0.25) is 0 Å². The number of benzene rings is 8. The van der Waals surface area contributed by atoms with Crippen LogP contribution in [0.5, 0.6) is 0 Å². The second-order valence-electron chi connectivity index (χ2n) is 13.7. The third-order valence-corrected chi connectivity index (χ3v) is 11.5. The molecule has 0 atom stereocenters. The molecule has 0 N–H and O–H groups in total. The number of hydrogen-bond donors (Lipinski definition) is 0. The molecule has 0 saturated carbocycles. The summed E-state index contributed by atoms with van der Waals surface area (Å²) in [6.07, 6.45) is 0. The number of nitrogens with zero attached hydrogens (tertiary/aromatic N) is 2. The molecule has 8 aromatic carbocycles. The van der Waals surface area contributed by atoms with Crippen LogP contribution in [0.15, 0.2) is 186 Å². The van der Waals surface area contributed by atoms with Gasteiger partial charge in [-0.1, -0.05) is 140 Å². The molecule has 0 bridgehead atoms. The van der Waals surface area contributed by atoms with Crippen molar-refractivity contribution in [1.29, 1.82) is 0 Å². The summed E-state index contributed by atoms with van der Waals surface area (Å²) in [5.74, 6) is 0. The lowest BCUT2D eigenvalue weighted by molar-refractivity contribution is 0.669. The van der Waals surface area contributed by atoms with Gasteiger partial charge < -0.3 is 4.42 Å². The molecule has 3 aromatic heterocycles. The van der Waals surface area contributed by atoms with Crippen molar-refractivity contribution in [1.82, 2.24) is 9.97 Å². The smallest absolute Gasteiger partial charge is 0.136 e. The van der Waals surface area contributed by atoms with Crippen molar-refractivity contribution in [3.8, 4) is 55.2 Å². The zero-order valence-corrected chi connectivity index (χ0v) is 29.8. The summed E-state index contributed by atoms with van der Waals surface area (Å²) >= 11 is 1.74. The second kappa shape index (κ2) is 12.4. The molecule has 54 heavy (non-hydrogen) atoms. The van der Waals surface area contributed by atoms with Crippen LogP contribution in [-0.2, 0) is 0 Å². The molecule has 0 aliphatic carbocycles. The molecular formula is C50H30N2OS. The minimum absolute atomic E-state index is 0.856. The van der Waals surface area contributed by atoms with Gasteiger partial charge in [-0.05, 0) is 70.3 Å². The van der Waals surface area contributed by atoms with Crippen LogP contribution in [0.3, 0.4) is 0 Å². The molecule has 0 aliphatic rings. The van der Waals surface area contributed by atoms with Crippen LogP contribution < -0.4 is 0 Å². The molecule has 0 saturated heterocycles. The Hall–Kier alpha value is -6.88.